The molecular formula is C2H7BFP. The first-order valence-corrected chi connectivity index (χ1v) is 2.33. The van der Waals surface area contributed by atoms with Gasteiger partial charge in [-0.1, -0.05) is 0 Å². The zero-order chi connectivity index (χ0) is 4.28. The maximum atomic E-state index is 11.4. The summed E-state index contributed by atoms with van der Waals surface area (Å²) in [7, 11) is 3.87. The normalized spacial score (nSPS) is 14.8. The molecule has 0 radical (unpaired) electrons. The molecule has 0 rings (SSSR count). The minimum Gasteiger partial charge on any atom is -0.244 e. The van der Waals surface area contributed by atoms with Crippen molar-refractivity contribution in [3.63, 3.8) is 0 Å². The Labute approximate surface area is 34.8 Å². The molecule has 2 unspecified atom stereocenters. The second-order valence-corrected chi connectivity index (χ2v) is 1.65. The highest BCUT2D eigenvalue weighted by molar-refractivity contribution is 7.17. The van der Waals surface area contributed by atoms with Gasteiger partial charge in [-0.2, -0.15) is 0 Å². The molecule has 0 saturated carbocycles. The monoisotopic (exact) mass is 92.0 g/mol. The second kappa shape index (κ2) is 2.65. The highest BCUT2D eigenvalue weighted by Crippen LogP contribution is 2.02. The van der Waals surface area contributed by atoms with E-state index in [1.807, 2.05) is 0 Å². The molecule has 0 heterocycles. The SMILES string of the molecule is BCC(F)P. The molecule has 0 N–H and O–H groups in total. The summed E-state index contributed by atoms with van der Waals surface area (Å²) in [6.07, 6.45) is 0.602. The molecule has 0 amide bonds. The Morgan fingerprint density at radius 3 is 2.20 bits per heavy atom. The molecule has 0 spiro atoms. The van der Waals surface area contributed by atoms with Crippen LogP contribution in [0.4, 0.5) is 4.39 Å². The van der Waals surface area contributed by atoms with Crippen molar-refractivity contribution in [3.05, 3.63) is 0 Å². The number of alkyl halides is 1. The Bertz CT molecular complexity index is 23.6. The molecule has 3 heteroatoms. The van der Waals surface area contributed by atoms with Crippen LogP contribution in [0.1, 0.15) is 0 Å². The second-order valence-electron chi connectivity index (χ2n) is 0.924. The standard InChI is InChI=1S/C2H7BFP/c3-1-2(4)5/h2H,1,3,5H2. The molecule has 0 nitrogen and oxygen atoms in total. The molecule has 0 bridgehead atoms. The highest BCUT2D eigenvalue weighted by atomic mass is 31.0. The van der Waals surface area contributed by atoms with Gasteiger partial charge >= 0.3 is 0 Å². The first kappa shape index (κ1) is 5.42. The zero-order valence-electron chi connectivity index (χ0n) is 3.24. The summed E-state index contributed by atoms with van der Waals surface area (Å²) < 4.78 is 11.4. The fourth-order valence-electron chi connectivity index (χ4n) is 0. The molecular weight excluding hydrogens is 84.8 g/mol. The molecule has 30 valence electrons. The molecule has 0 aromatic carbocycles. The van der Waals surface area contributed by atoms with E-state index in [0.29, 0.717) is 6.32 Å². The smallest absolute Gasteiger partial charge is 0.106 e. The Morgan fingerprint density at radius 2 is 2.20 bits per heavy atom. The van der Waals surface area contributed by atoms with Crippen molar-refractivity contribution in [2.75, 3.05) is 0 Å². The van der Waals surface area contributed by atoms with Crippen molar-refractivity contribution in [2.24, 2.45) is 0 Å². The molecule has 0 aliphatic heterocycles. The molecule has 2 atom stereocenters. The fraction of sp³-hybridized carbons (Fsp3) is 1.00. The van der Waals surface area contributed by atoms with Gasteiger partial charge < -0.3 is 0 Å². The van der Waals surface area contributed by atoms with Crippen molar-refractivity contribution in [3.8, 4) is 0 Å². The maximum Gasteiger partial charge on any atom is 0.106 e. The van der Waals surface area contributed by atoms with Gasteiger partial charge in [-0.05, 0) is 6.32 Å². The Kier molecular flexibility index (Phi) is 2.88. The summed E-state index contributed by atoms with van der Waals surface area (Å²) >= 11 is 0. The van der Waals surface area contributed by atoms with Gasteiger partial charge in [-0.3, -0.25) is 0 Å². The number of rotatable bonds is 1. The van der Waals surface area contributed by atoms with E-state index < -0.39 is 5.91 Å². The molecule has 0 saturated heterocycles. The van der Waals surface area contributed by atoms with E-state index in [2.05, 4.69) is 9.24 Å². The lowest BCUT2D eigenvalue weighted by molar-refractivity contribution is 0.483. The van der Waals surface area contributed by atoms with Crippen LogP contribution in [0.15, 0.2) is 0 Å². The van der Waals surface area contributed by atoms with Crippen molar-refractivity contribution in [1.82, 2.24) is 0 Å². The van der Waals surface area contributed by atoms with Gasteiger partial charge in [-0.25, -0.2) is 4.39 Å². The van der Waals surface area contributed by atoms with Crippen molar-refractivity contribution in [1.29, 1.82) is 0 Å². The fourth-order valence-corrected chi connectivity index (χ4v) is 0. The minimum absolute atomic E-state index is 0.602. The molecule has 0 aliphatic carbocycles. The Balaban J connectivity index is 2.54. The predicted octanol–water partition coefficient (Wildman–Crippen LogP) is 0.208. The third-order valence-electron chi connectivity index (χ3n) is 0.390. The lowest BCUT2D eigenvalue weighted by Crippen LogP contribution is -1.80. The van der Waals surface area contributed by atoms with Gasteiger partial charge in [0.05, 0.1) is 0 Å². The molecule has 5 heavy (non-hydrogen) atoms. The average Bonchev–Trinajstić information content (AvgIpc) is 1.38. The van der Waals surface area contributed by atoms with E-state index in [-0.39, 0.29) is 0 Å². The summed E-state index contributed by atoms with van der Waals surface area (Å²) in [5.41, 5.74) is 0. The van der Waals surface area contributed by atoms with Gasteiger partial charge in [0.2, 0.25) is 0 Å². The van der Waals surface area contributed by atoms with Crippen LogP contribution in [0.25, 0.3) is 0 Å². The van der Waals surface area contributed by atoms with Gasteiger partial charge in [0, 0.05) is 0 Å². The summed E-state index contributed by atoms with van der Waals surface area (Å²) in [6, 6.07) is 0. The molecule has 0 aromatic heterocycles. The topological polar surface area (TPSA) is 0 Å². The summed E-state index contributed by atoms with van der Waals surface area (Å²) in [5, 5.41) is 0. The third kappa shape index (κ3) is 4.42. The van der Waals surface area contributed by atoms with Crippen LogP contribution in [-0.4, -0.2) is 13.8 Å². The maximum absolute atomic E-state index is 11.4. The zero-order valence-corrected chi connectivity index (χ0v) is 4.39. The molecule has 0 aliphatic rings. The molecule has 0 fully saturated rings. The van der Waals surface area contributed by atoms with E-state index in [1.165, 1.54) is 0 Å². The van der Waals surface area contributed by atoms with Crippen molar-refractivity contribution in [2.45, 2.75) is 12.2 Å². The Morgan fingerprint density at radius 1 is 2.00 bits per heavy atom. The summed E-state index contributed by atoms with van der Waals surface area (Å²) in [5.74, 6) is -0.699. The predicted molar refractivity (Wildman–Crippen MR) is 28.0 cm³/mol. The van der Waals surface area contributed by atoms with Gasteiger partial charge in [0.15, 0.2) is 0 Å². The van der Waals surface area contributed by atoms with Crippen LogP contribution in [0, 0.1) is 0 Å². The quantitative estimate of drug-likeness (QED) is 0.320. The molecule has 0 aromatic rings. The Hall–Kier alpha value is 0.425. The largest absolute Gasteiger partial charge is 0.244 e. The lowest BCUT2D eigenvalue weighted by Gasteiger charge is -1.85. The number of hydrogen-bond acceptors (Lipinski definition) is 0. The first-order chi connectivity index (χ1) is 2.27. The van der Waals surface area contributed by atoms with Crippen LogP contribution >= 0.6 is 9.24 Å². The highest BCUT2D eigenvalue weighted by Gasteiger charge is 1.85. The lowest BCUT2D eigenvalue weighted by atomic mass is 10.1. The summed E-state index contributed by atoms with van der Waals surface area (Å²) in [4.78, 5) is 0. The average molecular weight is 91.9 g/mol. The van der Waals surface area contributed by atoms with E-state index in [0.717, 1.165) is 0 Å². The minimum atomic E-state index is -0.699. The number of halogens is 1. The third-order valence-corrected chi connectivity index (χ3v) is 0.861. The number of hydrogen-bond donors (Lipinski definition) is 0. The van der Waals surface area contributed by atoms with Crippen LogP contribution in [0.2, 0.25) is 6.32 Å². The van der Waals surface area contributed by atoms with Gasteiger partial charge in [0.1, 0.15) is 13.8 Å². The van der Waals surface area contributed by atoms with Crippen LogP contribution < -0.4 is 0 Å². The van der Waals surface area contributed by atoms with Gasteiger partial charge in [-0.15, -0.1) is 9.24 Å². The van der Waals surface area contributed by atoms with E-state index in [1.54, 1.807) is 7.85 Å². The van der Waals surface area contributed by atoms with Gasteiger partial charge in [0.25, 0.3) is 0 Å². The van der Waals surface area contributed by atoms with Crippen molar-refractivity contribution >= 4 is 17.1 Å². The van der Waals surface area contributed by atoms with Crippen LogP contribution in [0.3, 0.4) is 0 Å². The van der Waals surface area contributed by atoms with Crippen LogP contribution in [0.5, 0.6) is 0 Å². The van der Waals surface area contributed by atoms with Crippen LogP contribution in [-0.2, 0) is 0 Å². The summed E-state index contributed by atoms with van der Waals surface area (Å²) in [6.45, 7) is 0. The first-order valence-electron chi connectivity index (χ1n) is 1.67. The van der Waals surface area contributed by atoms with E-state index in [4.69, 9.17) is 0 Å². The van der Waals surface area contributed by atoms with E-state index in [9.17, 15) is 4.39 Å². The van der Waals surface area contributed by atoms with Crippen molar-refractivity contribution < 1.29 is 4.39 Å². The van der Waals surface area contributed by atoms with E-state index >= 15 is 0 Å².